The Bertz CT molecular complexity index is 1050. The molecule has 0 spiro atoms. The molecule has 7 heteroatoms. The zero-order valence-corrected chi connectivity index (χ0v) is 15.9. The molecule has 3 aromatic rings. The predicted octanol–water partition coefficient (Wildman–Crippen LogP) is 4.01. The monoisotopic (exact) mass is 397 g/mol. The fraction of sp³-hybridized carbons (Fsp3) is 0.238. The van der Waals surface area contributed by atoms with Crippen LogP contribution in [-0.2, 0) is 4.84 Å². The number of carbonyl (C=O) groups is 1. The van der Waals surface area contributed by atoms with Crippen LogP contribution in [0.5, 0.6) is 0 Å². The molecule has 0 radical (unpaired) electrons. The van der Waals surface area contributed by atoms with Gasteiger partial charge in [-0.25, -0.2) is 4.79 Å². The molecule has 0 bridgehead atoms. The molecule has 6 nitrogen and oxygen atoms in total. The number of pyridine rings is 1. The van der Waals surface area contributed by atoms with Gasteiger partial charge in [0.15, 0.2) is 5.43 Å². The molecule has 0 saturated carbocycles. The summed E-state index contributed by atoms with van der Waals surface area (Å²) < 4.78 is 0. The van der Waals surface area contributed by atoms with Crippen molar-refractivity contribution in [3.8, 4) is 0 Å². The highest BCUT2D eigenvalue weighted by atomic mass is 35.5. The van der Waals surface area contributed by atoms with Gasteiger partial charge in [-0.3, -0.25) is 4.79 Å². The highest BCUT2D eigenvalue weighted by Gasteiger charge is 2.24. The van der Waals surface area contributed by atoms with Crippen LogP contribution in [0.4, 0.5) is 4.79 Å². The fourth-order valence-electron chi connectivity index (χ4n) is 3.45. The van der Waals surface area contributed by atoms with E-state index < -0.39 is 12.1 Å². The Kier molecular flexibility index (Phi) is 5.32. The number of H-pyrrole nitrogens is 1. The number of fused-ring (bicyclic) bond motifs is 1. The van der Waals surface area contributed by atoms with Crippen LogP contribution in [0.15, 0.2) is 59.5 Å². The Morgan fingerprint density at radius 3 is 2.64 bits per heavy atom. The Labute approximate surface area is 167 Å². The van der Waals surface area contributed by atoms with Gasteiger partial charge in [-0.2, -0.15) is 0 Å². The first-order chi connectivity index (χ1) is 13.6. The van der Waals surface area contributed by atoms with E-state index in [-0.39, 0.29) is 5.43 Å². The lowest BCUT2D eigenvalue weighted by molar-refractivity contribution is -0.0811. The predicted molar refractivity (Wildman–Crippen MR) is 108 cm³/mol. The standard InChI is InChI=1S/C21H20ClN3O3/c22-15-8-9-16-18(12-15)23-13-17(20(16)26)19(14-6-2-1-3-7-14)24-21(27)28-25-10-4-5-11-25/h1-3,6-9,12-13,19H,4-5,10-11H2,(H,23,26)(H,24,27). The number of hydrogen-bond acceptors (Lipinski definition) is 4. The number of benzene rings is 2. The van der Waals surface area contributed by atoms with Gasteiger partial charge in [0.2, 0.25) is 0 Å². The van der Waals surface area contributed by atoms with Crippen LogP contribution < -0.4 is 10.7 Å². The molecule has 1 aliphatic heterocycles. The molecular weight excluding hydrogens is 378 g/mol. The van der Waals surface area contributed by atoms with E-state index in [9.17, 15) is 9.59 Å². The third kappa shape index (κ3) is 3.88. The summed E-state index contributed by atoms with van der Waals surface area (Å²) in [5, 5.41) is 5.54. The van der Waals surface area contributed by atoms with E-state index in [0.29, 0.717) is 21.5 Å². The van der Waals surface area contributed by atoms with Crippen LogP contribution in [0, 0.1) is 0 Å². The minimum absolute atomic E-state index is 0.166. The van der Waals surface area contributed by atoms with Crippen LogP contribution >= 0.6 is 11.6 Å². The van der Waals surface area contributed by atoms with Crippen molar-refractivity contribution in [3.05, 3.63) is 81.1 Å². The Morgan fingerprint density at radius 1 is 1.14 bits per heavy atom. The fourth-order valence-corrected chi connectivity index (χ4v) is 3.62. The maximum absolute atomic E-state index is 13.1. The van der Waals surface area contributed by atoms with Gasteiger partial charge < -0.3 is 15.1 Å². The van der Waals surface area contributed by atoms with Crippen LogP contribution in [0.2, 0.25) is 5.02 Å². The van der Waals surface area contributed by atoms with Gasteiger partial charge in [0, 0.05) is 35.3 Å². The molecule has 1 amide bonds. The van der Waals surface area contributed by atoms with Crippen LogP contribution in [0.1, 0.15) is 30.0 Å². The zero-order chi connectivity index (χ0) is 19.5. The van der Waals surface area contributed by atoms with Gasteiger partial charge in [-0.15, -0.1) is 5.06 Å². The lowest BCUT2D eigenvalue weighted by Gasteiger charge is -2.21. The largest absolute Gasteiger partial charge is 0.427 e. The molecule has 2 heterocycles. The van der Waals surface area contributed by atoms with E-state index in [4.69, 9.17) is 16.4 Å². The Balaban J connectivity index is 1.70. The van der Waals surface area contributed by atoms with E-state index in [1.54, 1.807) is 29.5 Å². The second-order valence-corrected chi connectivity index (χ2v) is 7.20. The SMILES string of the molecule is O=C(NC(c1ccccc1)c1c[nH]c2cc(Cl)ccc2c1=O)ON1CCCC1. The van der Waals surface area contributed by atoms with Gasteiger partial charge in [-0.05, 0) is 36.6 Å². The van der Waals surface area contributed by atoms with Crippen LogP contribution in [0.25, 0.3) is 10.9 Å². The average Bonchev–Trinajstić information content (AvgIpc) is 3.20. The van der Waals surface area contributed by atoms with Crippen molar-refractivity contribution >= 4 is 28.6 Å². The van der Waals surface area contributed by atoms with Gasteiger partial charge in [-0.1, -0.05) is 41.9 Å². The molecular formula is C21H20ClN3O3. The van der Waals surface area contributed by atoms with Gasteiger partial charge >= 0.3 is 6.09 Å². The molecule has 28 heavy (non-hydrogen) atoms. The third-order valence-electron chi connectivity index (χ3n) is 4.85. The minimum Gasteiger partial charge on any atom is -0.361 e. The number of halogens is 1. The first kappa shape index (κ1) is 18.5. The number of aromatic amines is 1. The number of aromatic nitrogens is 1. The van der Waals surface area contributed by atoms with Crippen LogP contribution in [0.3, 0.4) is 0 Å². The normalized spacial score (nSPS) is 15.5. The number of nitrogens with one attached hydrogen (secondary N) is 2. The summed E-state index contributed by atoms with van der Waals surface area (Å²) >= 11 is 6.02. The summed E-state index contributed by atoms with van der Waals surface area (Å²) in [6, 6.07) is 13.8. The van der Waals surface area contributed by atoms with Crippen molar-refractivity contribution < 1.29 is 9.63 Å². The van der Waals surface area contributed by atoms with Crippen molar-refractivity contribution in [2.75, 3.05) is 13.1 Å². The van der Waals surface area contributed by atoms with E-state index >= 15 is 0 Å². The Morgan fingerprint density at radius 2 is 1.89 bits per heavy atom. The van der Waals surface area contributed by atoms with Crippen LogP contribution in [-0.4, -0.2) is 29.2 Å². The van der Waals surface area contributed by atoms with Crippen molar-refractivity contribution in [1.29, 1.82) is 0 Å². The molecule has 144 valence electrons. The van der Waals surface area contributed by atoms with Crippen molar-refractivity contribution in [1.82, 2.24) is 15.4 Å². The second-order valence-electron chi connectivity index (χ2n) is 6.77. The molecule has 4 rings (SSSR count). The number of hydrogen-bond donors (Lipinski definition) is 2. The second kappa shape index (κ2) is 8.04. The molecule has 1 fully saturated rings. The average molecular weight is 398 g/mol. The summed E-state index contributed by atoms with van der Waals surface area (Å²) in [5.41, 5.74) is 1.70. The van der Waals surface area contributed by atoms with Gasteiger partial charge in [0.05, 0.1) is 11.6 Å². The summed E-state index contributed by atoms with van der Waals surface area (Å²) in [6.07, 6.45) is 3.05. The van der Waals surface area contributed by atoms with E-state index in [1.807, 2.05) is 30.3 Å². The van der Waals surface area contributed by atoms with E-state index in [2.05, 4.69) is 10.3 Å². The molecule has 0 aliphatic carbocycles. The lowest BCUT2D eigenvalue weighted by Crippen LogP contribution is -2.37. The highest BCUT2D eigenvalue weighted by molar-refractivity contribution is 6.31. The van der Waals surface area contributed by atoms with E-state index in [1.165, 1.54) is 0 Å². The van der Waals surface area contributed by atoms with Crippen molar-refractivity contribution in [2.24, 2.45) is 0 Å². The zero-order valence-electron chi connectivity index (χ0n) is 15.2. The maximum atomic E-state index is 13.1. The number of hydroxylamine groups is 2. The number of amides is 1. The lowest BCUT2D eigenvalue weighted by atomic mass is 9.98. The summed E-state index contributed by atoms with van der Waals surface area (Å²) in [6.45, 7) is 1.45. The molecule has 1 atom stereocenters. The van der Waals surface area contributed by atoms with Crippen molar-refractivity contribution in [3.63, 3.8) is 0 Å². The third-order valence-corrected chi connectivity index (χ3v) is 5.09. The topological polar surface area (TPSA) is 74.4 Å². The summed E-state index contributed by atoms with van der Waals surface area (Å²) in [5.74, 6) is 0. The van der Waals surface area contributed by atoms with Gasteiger partial charge in [0.25, 0.3) is 0 Å². The maximum Gasteiger partial charge on any atom is 0.427 e. The summed E-state index contributed by atoms with van der Waals surface area (Å²) in [7, 11) is 0. The molecule has 1 saturated heterocycles. The smallest absolute Gasteiger partial charge is 0.361 e. The number of rotatable bonds is 4. The minimum atomic E-state index is -0.639. The summed E-state index contributed by atoms with van der Waals surface area (Å²) in [4.78, 5) is 34.1. The molecule has 1 aromatic heterocycles. The number of carbonyl (C=O) groups excluding carboxylic acids is 1. The Hall–Kier alpha value is -2.83. The van der Waals surface area contributed by atoms with Crippen molar-refractivity contribution in [2.45, 2.75) is 18.9 Å². The molecule has 1 aliphatic rings. The molecule has 1 unspecified atom stereocenters. The van der Waals surface area contributed by atoms with Gasteiger partial charge in [0.1, 0.15) is 0 Å². The molecule has 2 aromatic carbocycles. The molecule has 2 N–H and O–H groups in total. The highest BCUT2D eigenvalue weighted by Crippen LogP contribution is 2.22. The van der Waals surface area contributed by atoms with E-state index in [0.717, 1.165) is 31.5 Å². The quantitative estimate of drug-likeness (QED) is 0.697. The first-order valence-electron chi connectivity index (χ1n) is 9.21. The number of nitrogens with zero attached hydrogens (tertiary/aromatic N) is 1. The first-order valence-corrected chi connectivity index (χ1v) is 9.59.